The van der Waals surface area contributed by atoms with E-state index in [-0.39, 0.29) is 23.8 Å². The minimum Gasteiger partial charge on any atom is -0.395 e. The quantitative estimate of drug-likeness (QED) is 0.763. The van der Waals surface area contributed by atoms with Gasteiger partial charge in [-0.1, -0.05) is 12.1 Å². The Morgan fingerprint density at radius 3 is 3.05 bits per heavy atom. The molecule has 0 fully saturated rings. The molecule has 5 heteroatoms. The third-order valence-electron chi connectivity index (χ3n) is 3.78. The average Bonchev–Trinajstić information content (AvgIpc) is 2.47. The van der Waals surface area contributed by atoms with E-state index in [2.05, 4.69) is 16.7 Å². The van der Waals surface area contributed by atoms with Gasteiger partial charge in [0.2, 0.25) is 0 Å². The summed E-state index contributed by atoms with van der Waals surface area (Å²) in [6.45, 7) is 3.75. The van der Waals surface area contributed by atoms with Gasteiger partial charge in [0.1, 0.15) is 0 Å². The number of aliphatic hydroxyl groups excluding tert-OH is 1. The molecule has 3 N–H and O–H groups in total. The predicted molar refractivity (Wildman–Crippen MR) is 83.2 cm³/mol. The third-order valence-corrected chi connectivity index (χ3v) is 4.95. The normalized spacial score (nSPS) is 17.1. The maximum Gasteiger partial charge on any atom is 0.251 e. The molecule has 2 unspecified atom stereocenters. The third kappa shape index (κ3) is 3.34. The van der Waals surface area contributed by atoms with Crippen molar-refractivity contribution < 1.29 is 9.90 Å². The Bertz CT molecular complexity index is 475. The first-order chi connectivity index (χ1) is 9.67. The van der Waals surface area contributed by atoms with E-state index < -0.39 is 0 Å². The number of rotatable bonds is 5. The van der Waals surface area contributed by atoms with Crippen LogP contribution in [-0.4, -0.2) is 41.7 Å². The van der Waals surface area contributed by atoms with Crippen molar-refractivity contribution >= 4 is 17.7 Å². The fourth-order valence-corrected chi connectivity index (χ4v) is 3.18. The zero-order chi connectivity index (χ0) is 14.5. The number of carbonyl (C=O) groups is 1. The van der Waals surface area contributed by atoms with Gasteiger partial charge in [-0.3, -0.25) is 4.79 Å². The summed E-state index contributed by atoms with van der Waals surface area (Å²) in [5.74, 6) is -0.0382. The van der Waals surface area contributed by atoms with E-state index in [0.29, 0.717) is 0 Å². The summed E-state index contributed by atoms with van der Waals surface area (Å²) in [6.07, 6.45) is 2.83. The van der Waals surface area contributed by atoms with E-state index in [9.17, 15) is 9.90 Å². The Morgan fingerprint density at radius 2 is 2.35 bits per heavy atom. The second-order valence-corrected chi connectivity index (χ2v) is 6.17. The minimum atomic E-state index is -0.0555. The summed E-state index contributed by atoms with van der Waals surface area (Å²) in [6, 6.07) is 5.84. The van der Waals surface area contributed by atoms with Crippen LogP contribution in [0.4, 0.5) is 0 Å². The fourth-order valence-electron chi connectivity index (χ4n) is 2.56. The molecule has 2 rings (SSSR count). The SMILES string of the molecule is CSC(CO)C(C)NC(=O)c1cccc2c1CCNC2. The van der Waals surface area contributed by atoms with Crippen LogP contribution in [0.2, 0.25) is 0 Å². The second-order valence-electron chi connectivity index (χ2n) is 5.09. The van der Waals surface area contributed by atoms with Gasteiger partial charge in [-0.25, -0.2) is 0 Å². The second kappa shape index (κ2) is 7.11. The molecule has 2 atom stereocenters. The molecule has 0 radical (unpaired) electrons. The Balaban J connectivity index is 2.13. The molecule has 4 nitrogen and oxygen atoms in total. The smallest absolute Gasteiger partial charge is 0.251 e. The van der Waals surface area contributed by atoms with Crippen molar-refractivity contribution in [2.24, 2.45) is 0 Å². The van der Waals surface area contributed by atoms with Crippen LogP contribution < -0.4 is 10.6 Å². The van der Waals surface area contributed by atoms with Crippen molar-refractivity contribution in [3.8, 4) is 0 Å². The summed E-state index contributed by atoms with van der Waals surface area (Å²) < 4.78 is 0. The highest BCUT2D eigenvalue weighted by atomic mass is 32.2. The lowest BCUT2D eigenvalue weighted by Gasteiger charge is -2.24. The Hall–Kier alpha value is -1.04. The predicted octanol–water partition coefficient (Wildman–Crippen LogP) is 1.17. The molecule has 0 spiro atoms. The van der Waals surface area contributed by atoms with Crippen molar-refractivity contribution in [3.63, 3.8) is 0 Å². The first kappa shape index (κ1) is 15.4. The van der Waals surface area contributed by atoms with Gasteiger partial charge >= 0.3 is 0 Å². The van der Waals surface area contributed by atoms with Crippen LogP contribution >= 0.6 is 11.8 Å². The summed E-state index contributed by atoms with van der Waals surface area (Å²) >= 11 is 1.57. The molecule has 0 bridgehead atoms. The molecule has 1 aromatic rings. The van der Waals surface area contributed by atoms with Gasteiger partial charge in [-0.15, -0.1) is 0 Å². The Labute approximate surface area is 124 Å². The number of benzene rings is 1. The van der Waals surface area contributed by atoms with Crippen molar-refractivity contribution in [1.29, 1.82) is 0 Å². The number of hydrogen-bond donors (Lipinski definition) is 3. The van der Waals surface area contributed by atoms with E-state index in [1.165, 1.54) is 5.56 Å². The van der Waals surface area contributed by atoms with Crippen LogP contribution in [0.5, 0.6) is 0 Å². The van der Waals surface area contributed by atoms with E-state index in [4.69, 9.17) is 0 Å². The topological polar surface area (TPSA) is 61.4 Å². The zero-order valence-electron chi connectivity index (χ0n) is 12.0. The average molecular weight is 294 g/mol. The molecule has 0 saturated heterocycles. The van der Waals surface area contributed by atoms with Gasteiger partial charge in [0.05, 0.1) is 6.61 Å². The van der Waals surface area contributed by atoms with Crippen LogP contribution in [0.3, 0.4) is 0 Å². The number of aliphatic hydroxyl groups is 1. The number of carbonyl (C=O) groups excluding carboxylic acids is 1. The molecular formula is C15H22N2O2S. The minimum absolute atomic E-state index is 0.0279. The number of amides is 1. The molecule has 1 aliphatic rings. The number of thioether (sulfide) groups is 1. The molecule has 0 saturated carbocycles. The molecule has 1 heterocycles. The van der Waals surface area contributed by atoms with E-state index in [1.807, 2.05) is 25.3 Å². The highest BCUT2D eigenvalue weighted by molar-refractivity contribution is 7.99. The number of hydrogen-bond acceptors (Lipinski definition) is 4. The summed E-state index contributed by atoms with van der Waals surface area (Å²) in [5.41, 5.74) is 3.13. The first-order valence-corrected chi connectivity index (χ1v) is 8.22. The summed E-state index contributed by atoms with van der Waals surface area (Å²) in [4.78, 5) is 12.4. The first-order valence-electron chi connectivity index (χ1n) is 6.93. The zero-order valence-corrected chi connectivity index (χ0v) is 12.8. The number of nitrogens with one attached hydrogen (secondary N) is 2. The van der Waals surface area contributed by atoms with Gasteiger partial charge in [0.25, 0.3) is 5.91 Å². The van der Waals surface area contributed by atoms with E-state index >= 15 is 0 Å². The van der Waals surface area contributed by atoms with Crippen molar-refractivity contribution in [1.82, 2.24) is 10.6 Å². The monoisotopic (exact) mass is 294 g/mol. The van der Waals surface area contributed by atoms with E-state index in [1.54, 1.807) is 11.8 Å². The molecule has 1 aromatic carbocycles. The van der Waals surface area contributed by atoms with Gasteiger partial charge in [-0.05, 0) is 43.3 Å². The van der Waals surface area contributed by atoms with Gasteiger partial charge in [0.15, 0.2) is 0 Å². The molecule has 0 aliphatic carbocycles. The fraction of sp³-hybridized carbons (Fsp3) is 0.533. The van der Waals surface area contributed by atoms with Crippen molar-refractivity contribution in [2.45, 2.75) is 31.2 Å². The van der Waals surface area contributed by atoms with Crippen LogP contribution in [-0.2, 0) is 13.0 Å². The lowest BCUT2D eigenvalue weighted by atomic mass is 9.95. The molecule has 1 aliphatic heterocycles. The largest absolute Gasteiger partial charge is 0.395 e. The van der Waals surface area contributed by atoms with Crippen LogP contribution in [0.25, 0.3) is 0 Å². The standard InChI is InChI=1S/C15H22N2O2S/c1-10(14(9-18)20-2)17-15(19)13-5-3-4-11-8-16-7-6-12(11)13/h3-5,10,14,16,18H,6-9H2,1-2H3,(H,17,19). The molecule has 20 heavy (non-hydrogen) atoms. The maximum atomic E-state index is 12.4. The lowest BCUT2D eigenvalue weighted by Crippen LogP contribution is -2.42. The molecule has 110 valence electrons. The number of fused-ring (bicyclic) bond motifs is 1. The Morgan fingerprint density at radius 1 is 1.55 bits per heavy atom. The molecular weight excluding hydrogens is 272 g/mol. The highest BCUT2D eigenvalue weighted by Crippen LogP contribution is 2.19. The van der Waals surface area contributed by atoms with Crippen LogP contribution in [0.1, 0.15) is 28.4 Å². The van der Waals surface area contributed by atoms with Crippen molar-refractivity contribution in [3.05, 3.63) is 34.9 Å². The molecule has 1 amide bonds. The summed E-state index contributed by atoms with van der Waals surface area (Å²) in [5, 5.41) is 15.6. The van der Waals surface area contributed by atoms with Gasteiger partial charge in [0, 0.05) is 23.4 Å². The van der Waals surface area contributed by atoms with Crippen LogP contribution in [0, 0.1) is 0 Å². The maximum absolute atomic E-state index is 12.4. The molecule has 0 aromatic heterocycles. The van der Waals surface area contributed by atoms with Crippen molar-refractivity contribution in [2.75, 3.05) is 19.4 Å². The van der Waals surface area contributed by atoms with Gasteiger partial charge < -0.3 is 15.7 Å². The highest BCUT2D eigenvalue weighted by Gasteiger charge is 2.21. The lowest BCUT2D eigenvalue weighted by molar-refractivity contribution is 0.0934. The Kier molecular flexibility index (Phi) is 5.46. The summed E-state index contributed by atoms with van der Waals surface area (Å²) in [7, 11) is 0. The van der Waals surface area contributed by atoms with Crippen LogP contribution in [0.15, 0.2) is 18.2 Å². The van der Waals surface area contributed by atoms with E-state index in [0.717, 1.165) is 30.6 Å². The van der Waals surface area contributed by atoms with Gasteiger partial charge in [-0.2, -0.15) is 11.8 Å².